The maximum atomic E-state index is 13.6. The summed E-state index contributed by atoms with van der Waals surface area (Å²) in [7, 11) is 0. The number of amides is 1. The first-order valence-electron chi connectivity index (χ1n) is 6.09. The van der Waals surface area contributed by atoms with Gasteiger partial charge in [-0.15, -0.1) is 0 Å². The molecule has 0 saturated carbocycles. The molecule has 1 amide bonds. The van der Waals surface area contributed by atoms with Gasteiger partial charge >= 0.3 is 0 Å². The van der Waals surface area contributed by atoms with Crippen molar-refractivity contribution in [3.8, 4) is 0 Å². The minimum atomic E-state index is -0.493. The fraction of sp³-hybridized carbons (Fsp3) is 0.286. The molecule has 19 heavy (non-hydrogen) atoms. The molecule has 100 valence electrons. The van der Waals surface area contributed by atoms with Gasteiger partial charge in [0.2, 0.25) is 0 Å². The largest absolute Gasteiger partial charge is 0.350 e. The third-order valence-corrected chi connectivity index (χ3v) is 2.76. The van der Waals surface area contributed by atoms with Gasteiger partial charge in [0, 0.05) is 12.7 Å². The molecule has 2 aromatic rings. The number of carbonyl (C=O) groups excluding carboxylic acids is 1. The van der Waals surface area contributed by atoms with Crippen molar-refractivity contribution < 1.29 is 9.18 Å². The number of halogens is 1. The van der Waals surface area contributed by atoms with Gasteiger partial charge in [-0.25, -0.2) is 4.39 Å². The highest BCUT2D eigenvalue weighted by Gasteiger charge is 2.10. The summed E-state index contributed by atoms with van der Waals surface area (Å²) in [5.41, 5.74) is 1.93. The summed E-state index contributed by atoms with van der Waals surface area (Å²) in [4.78, 5) is 11.8. The van der Waals surface area contributed by atoms with Crippen LogP contribution in [0.3, 0.4) is 0 Å². The second kappa shape index (κ2) is 5.65. The number of nitrogens with one attached hydrogen (secondary N) is 1. The predicted molar refractivity (Wildman–Crippen MR) is 70.4 cm³/mol. The second-order valence-electron chi connectivity index (χ2n) is 4.52. The van der Waals surface area contributed by atoms with Crippen molar-refractivity contribution in [2.75, 3.05) is 6.54 Å². The lowest BCUT2D eigenvalue weighted by molar-refractivity contribution is 0.0948. The van der Waals surface area contributed by atoms with Crippen LogP contribution in [0, 0.1) is 19.7 Å². The van der Waals surface area contributed by atoms with E-state index < -0.39 is 11.7 Å². The van der Waals surface area contributed by atoms with E-state index >= 15 is 0 Å². The second-order valence-corrected chi connectivity index (χ2v) is 4.52. The van der Waals surface area contributed by atoms with E-state index in [1.165, 1.54) is 12.1 Å². The monoisotopic (exact) mass is 261 g/mol. The highest BCUT2D eigenvalue weighted by molar-refractivity contribution is 5.94. The molecular weight excluding hydrogens is 245 g/mol. The average Bonchev–Trinajstić information content (AvgIpc) is 2.75. The van der Waals surface area contributed by atoms with Gasteiger partial charge < -0.3 is 5.32 Å². The first-order valence-corrected chi connectivity index (χ1v) is 6.09. The van der Waals surface area contributed by atoms with Gasteiger partial charge in [0.1, 0.15) is 5.82 Å². The number of benzene rings is 1. The zero-order valence-corrected chi connectivity index (χ0v) is 11.0. The number of rotatable bonds is 4. The molecule has 1 heterocycles. The number of hydrogen-bond donors (Lipinski definition) is 1. The van der Waals surface area contributed by atoms with Crippen molar-refractivity contribution in [1.82, 2.24) is 15.1 Å². The van der Waals surface area contributed by atoms with Gasteiger partial charge in [-0.3, -0.25) is 9.48 Å². The molecule has 0 fully saturated rings. The van der Waals surface area contributed by atoms with E-state index in [2.05, 4.69) is 10.4 Å². The molecule has 0 spiro atoms. The number of aryl methyl sites for hydroxylation is 2. The highest BCUT2D eigenvalue weighted by Crippen LogP contribution is 2.09. The van der Waals surface area contributed by atoms with Crippen LogP contribution >= 0.6 is 0 Å². The summed E-state index contributed by atoms with van der Waals surface area (Å²) in [6, 6.07) is 4.57. The van der Waals surface area contributed by atoms with Gasteiger partial charge in [0.15, 0.2) is 0 Å². The summed E-state index contributed by atoms with van der Waals surface area (Å²) in [5, 5.41) is 6.78. The van der Waals surface area contributed by atoms with Crippen LogP contribution < -0.4 is 5.32 Å². The minimum absolute atomic E-state index is 0.0715. The first-order chi connectivity index (χ1) is 9.06. The molecule has 1 aromatic carbocycles. The summed E-state index contributed by atoms with van der Waals surface area (Å²) in [6.07, 6.45) is 3.64. The average molecular weight is 261 g/mol. The standard InChI is InChI=1S/C14H16FN3O/c1-10-3-4-12(13(15)7-10)14(19)16-5-6-18-9-11(2)8-17-18/h3-4,7-9H,5-6H2,1-2H3,(H,16,19). The van der Waals surface area contributed by atoms with Gasteiger partial charge in [0.25, 0.3) is 5.91 Å². The molecule has 2 rings (SSSR count). The van der Waals surface area contributed by atoms with E-state index in [1.807, 2.05) is 13.1 Å². The number of aromatic nitrogens is 2. The van der Waals surface area contributed by atoms with E-state index in [-0.39, 0.29) is 5.56 Å². The van der Waals surface area contributed by atoms with Gasteiger partial charge in [-0.05, 0) is 37.1 Å². The molecule has 0 atom stereocenters. The van der Waals surface area contributed by atoms with E-state index in [0.29, 0.717) is 13.1 Å². The fourth-order valence-electron chi connectivity index (χ4n) is 1.77. The SMILES string of the molecule is Cc1ccc(C(=O)NCCn2cc(C)cn2)c(F)c1. The smallest absolute Gasteiger partial charge is 0.254 e. The zero-order valence-electron chi connectivity index (χ0n) is 11.0. The molecule has 0 bridgehead atoms. The van der Waals surface area contributed by atoms with Crippen molar-refractivity contribution in [2.24, 2.45) is 0 Å². The maximum absolute atomic E-state index is 13.6. The normalized spacial score (nSPS) is 10.5. The summed E-state index contributed by atoms with van der Waals surface area (Å²) < 4.78 is 15.3. The molecular formula is C14H16FN3O. The molecule has 5 heteroatoms. The molecule has 0 radical (unpaired) electrons. The summed E-state index contributed by atoms with van der Waals surface area (Å²) in [5.74, 6) is -0.895. The molecule has 1 aromatic heterocycles. The topological polar surface area (TPSA) is 46.9 Å². The molecule has 0 aliphatic heterocycles. The molecule has 0 aliphatic rings. The van der Waals surface area contributed by atoms with Gasteiger partial charge in [-0.1, -0.05) is 6.07 Å². The number of carbonyl (C=O) groups is 1. The third-order valence-electron chi connectivity index (χ3n) is 2.76. The van der Waals surface area contributed by atoms with Crippen molar-refractivity contribution in [3.05, 3.63) is 53.1 Å². The van der Waals surface area contributed by atoms with Crippen LogP contribution in [0.5, 0.6) is 0 Å². The zero-order chi connectivity index (χ0) is 13.8. The number of hydrogen-bond acceptors (Lipinski definition) is 2. The Balaban J connectivity index is 1.90. The van der Waals surface area contributed by atoms with Crippen LogP contribution in [0.4, 0.5) is 4.39 Å². The molecule has 0 saturated heterocycles. The molecule has 0 unspecified atom stereocenters. The van der Waals surface area contributed by atoms with Crippen molar-refractivity contribution in [2.45, 2.75) is 20.4 Å². The maximum Gasteiger partial charge on any atom is 0.254 e. The van der Waals surface area contributed by atoms with Crippen LogP contribution in [0.15, 0.2) is 30.6 Å². The Hall–Kier alpha value is -2.17. The van der Waals surface area contributed by atoms with Crippen molar-refractivity contribution >= 4 is 5.91 Å². The summed E-state index contributed by atoms with van der Waals surface area (Å²) >= 11 is 0. The molecule has 0 aliphatic carbocycles. The first kappa shape index (κ1) is 13.3. The quantitative estimate of drug-likeness (QED) is 0.915. The lowest BCUT2D eigenvalue weighted by Gasteiger charge is -2.06. The lowest BCUT2D eigenvalue weighted by Crippen LogP contribution is -2.28. The lowest BCUT2D eigenvalue weighted by atomic mass is 10.1. The highest BCUT2D eigenvalue weighted by atomic mass is 19.1. The van der Waals surface area contributed by atoms with Crippen LogP contribution in [0.25, 0.3) is 0 Å². The van der Waals surface area contributed by atoms with Crippen LogP contribution in [0.1, 0.15) is 21.5 Å². The van der Waals surface area contributed by atoms with E-state index in [0.717, 1.165) is 11.1 Å². The number of nitrogens with zero attached hydrogens (tertiary/aromatic N) is 2. The summed E-state index contributed by atoms with van der Waals surface area (Å²) in [6.45, 7) is 4.70. The van der Waals surface area contributed by atoms with Crippen molar-refractivity contribution in [1.29, 1.82) is 0 Å². The van der Waals surface area contributed by atoms with E-state index in [9.17, 15) is 9.18 Å². The Morgan fingerprint density at radius 3 is 2.79 bits per heavy atom. The Morgan fingerprint density at radius 1 is 1.37 bits per heavy atom. The van der Waals surface area contributed by atoms with Crippen LogP contribution in [-0.2, 0) is 6.54 Å². The molecule has 4 nitrogen and oxygen atoms in total. The molecule has 1 N–H and O–H groups in total. The van der Waals surface area contributed by atoms with Gasteiger partial charge in [-0.2, -0.15) is 5.10 Å². The minimum Gasteiger partial charge on any atom is -0.350 e. The van der Waals surface area contributed by atoms with Crippen LogP contribution in [0.2, 0.25) is 0 Å². The Labute approximate surface area is 111 Å². The predicted octanol–water partition coefficient (Wildman–Crippen LogP) is 2.07. The fourth-order valence-corrected chi connectivity index (χ4v) is 1.77. The van der Waals surface area contributed by atoms with Gasteiger partial charge in [0.05, 0.1) is 18.3 Å². The Morgan fingerprint density at radius 2 is 2.16 bits per heavy atom. The Kier molecular flexibility index (Phi) is 3.94. The van der Waals surface area contributed by atoms with Crippen molar-refractivity contribution in [3.63, 3.8) is 0 Å². The van der Waals surface area contributed by atoms with Crippen LogP contribution in [-0.4, -0.2) is 22.2 Å². The van der Waals surface area contributed by atoms with E-state index in [4.69, 9.17) is 0 Å². The third kappa shape index (κ3) is 3.40. The Bertz CT molecular complexity index is 592. The van der Waals surface area contributed by atoms with E-state index in [1.54, 1.807) is 23.9 Å².